The quantitative estimate of drug-likeness (QED) is 0.317. The van der Waals surface area contributed by atoms with Gasteiger partial charge in [0.05, 0.1) is 11.1 Å². The number of hydrogen-bond acceptors (Lipinski definition) is 3. The lowest BCUT2D eigenvalue weighted by Gasteiger charge is -2.58. The Morgan fingerprint density at radius 3 is 2.34 bits per heavy atom. The molecule has 2 aromatic rings. The van der Waals surface area contributed by atoms with Gasteiger partial charge in [-0.3, -0.25) is 14.5 Å². The molecule has 3 aliphatic rings. The molecule has 5 rings (SSSR count). The number of thioether (sulfide) groups is 1. The number of hydrogen-bond donors (Lipinski definition) is 0. The summed E-state index contributed by atoms with van der Waals surface area (Å²) in [5.74, 6) is 1.93. The molecule has 1 aliphatic heterocycles. The van der Waals surface area contributed by atoms with Crippen LogP contribution in [0.4, 0.5) is 0 Å². The van der Waals surface area contributed by atoms with Gasteiger partial charge in [-0.1, -0.05) is 65.0 Å². The third-order valence-corrected chi connectivity index (χ3v) is 10.8. The normalized spacial score (nSPS) is 27.1. The van der Waals surface area contributed by atoms with E-state index in [0.29, 0.717) is 40.2 Å². The summed E-state index contributed by atoms with van der Waals surface area (Å²) in [6, 6.07) is 14.5. The van der Waals surface area contributed by atoms with Gasteiger partial charge < -0.3 is 0 Å². The maximum absolute atomic E-state index is 12.7. The molecule has 2 aromatic carbocycles. The molecule has 3 nitrogen and oxygen atoms in total. The van der Waals surface area contributed by atoms with Crippen LogP contribution >= 0.6 is 11.8 Å². The van der Waals surface area contributed by atoms with Gasteiger partial charge in [-0.25, -0.2) is 0 Å². The molecule has 1 saturated carbocycles. The molecule has 4 heteroatoms. The first-order valence-corrected chi connectivity index (χ1v) is 14.4. The first-order valence-electron chi connectivity index (χ1n) is 13.3. The highest BCUT2D eigenvalue weighted by atomic mass is 32.2. The standard InChI is InChI=1S/C31H39NO2S/c1-20(2)21-11-13-25-22(19-21)12-14-26-30(3,4)16-15-27(31(25,26)5)35-18-8-17-32-28(33)23-9-6-7-10-24(23)29(32)34/h6-7,9-11,13,19-20,26-27H,8,12,14-18H2,1-5H3/t26?,27?,31-/m1/s1. The third-order valence-electron chi connectivity index (χ3n) is 9.19. The number of nitrogens with zero attached hydrogens (tertiary/aromatic N) is 1. The van der Waals surface area contributed by atoms with Crippen molar-refractivity contribution in [3.8, 4) is 0 Å². The molecule has 2 amide bonds. The van der Waals surface area contributed by atoms with Crippen molar-refractivity contribution in [2.45, 2.75) is 83.3 Å². The van der Waals surface area contributed by atoms with Gasteiger partial charge in [0.25, 0.3) is 11.8 Å². The van der Waals surface area contributed by atoms with Gasteiger partial charge in [-0.05, 0) is 83.9 Å². The Morgan fingerprint density at radius 2 is 1.69 bits per heavy atom. The highest BCUT2D eigenvalue weighted by Gasteiger charge is 2.54. The summed E-state index contributed by atoms with van der Waals surface area (Å²) in [7, 11) is 0. The number of carbonyl (C=O) groups excluding carboxylic acids is 2. The van der Waals surface area contributed by atoms with Crippen molar-refractivity contribution in [3.63, 3.8) is 0 Å². The minimum atomic E-state index is -0.135. The summed E-state index contributed by atoms with van der Waals surface area (Å²) in [5.41, 5.74) is 6.19. The van der Waals surface area contributed by atoms with E-state index >= 15 is 0 Å². The van der Waals surface area contributed by atoms with E-state index in [1.54, 1.807) is 23.3 Å². The summed E-state index contributed by atoms with van der Waals surface area (Å²) in [6.07, 6.45) is 5.79. The van der Waals surface area contributed by atoms with Crippen LogP contribution in [0.1, 0.15) is 104 Å². The zero-order chi connectivity index (χ0) is 25.0. The summed E-state index contributed by atoms with van der Waals surface area (Å²) < 4.78 is 0. The van der Waals surface area contributed by atoms with Crippen LogP contribution in [0.2, 0.25) is 0 Å². The molecule has 2 unspecified atom stereocenters. The SMILES string of the molecule is CC(C)c1ccc2c(c1)CCC1C(C)(C)CCC(SCCCN3C(=O)c4ccccc4C3=O)[C@]21C. The number of rotatable bonds is 6. The fraction of sp³-hybridized carbons (Fsp3) is 0.548. The van der Waals surface area contributed by atoms with Crippen LogP contribution in [0, 0.1) is 11.3 Å². The second-order valence-corrected chi connectivity index (χ2v) is 13.3. The van der Waals surface area contributed by atoms with Crippen molar-refractivity contribution < 1.29 is 9.59 Å². The average molecular weight is 490 g/mol. The fourth-order valence-electron chi connectivity index (χ4n) is 7.22. The van der Waals surface area contributed by atoms with Crippen molar-refractivity contribution >= 4 is 23.6 Å². The molecule has 0 bridgehead atoms. The largest absolute Gasteiger partial charge is 0.274 e. The van der Waals surface area contributed by atoms with E-state index in [-0.39, 0.29) is 17.2 Å². The second kappa shape index (κ2) is 9.10. The van der Waals surface area contributed by atoms with Crippen LogP contribution in [-0.2, 0) is 11.8 Å². The van der Waals surface area contributed by atoms with Crippen LogP contribution in [0.3, 0.4) is 0 Å². The van der Waals surface area contributed by atoms with Gasteiger partial charge in [-0.2, -0.15) is 11.8 Å². The molecule has 3 atom stereocenters. The van der Waals surface area contributed by atoms with E-state index in [0.717, 1.165) is 12.2 Å². The highest BCUT2D eigenvalue weighted by molar-refractivity contribution is 7.99. The molecule has 2 aliphatic carbocycles. The van der Waals surface area contributed by atoms with E-state index < -0.39 is 0 Å². The Kier molecular flexibility index (Phi) is 6.40. The van der Waals surface area contributed by atoms with Crippen LogP contribution in [-0.4, -0.2) is 34.3 Å². The Labute approximate surface area is 215 Å². The van der Waals surface area contributed by atoms with Crippen molar-refractivity contribution in [2.24, 2.45) is 11.3 Å². The van der Waals surface area contributed by atoms with Crippen molar-refractivity contribution in [2.75, 3.05) is 12.3 Å². The van der Waals surface area contributed by atoms with E-state index in [1.807, 2.05) is 12.1 Å². The first kappa shape index (κ1) is 24.6. The van der Waals surface area contributed by atoms with Gasteiger partial charge in [0, 0.05) is 17.2 Å². The van der Waals surface area contributed by atoms with E-state index in [2.05, 4.69) is 64.6 Å². The van der Waals surface area contributed by atoms with Crippen molar-refractivity contribution in [1.82, 2.24) is 4.90 Å². The lowest BCUT2D eigenvalue weighted by Crippen LogP contribution is -2.54. The molecule has 0 aromatic heterocycles. The van der Waals surface area contributed by atoms with Crippen LogP contribution in [0.5, 0.6) is 0 Å². The second-order valence-electron chi connectivity index (χ2n) is 12.0. The van der Waals surface area contributed by atoms with E-state index in [1.165, 1.54) is 36.1 Å². The van der Waals surface area contributed by atoms with Crippen LogP contribution in [0.25, 0.3) is 0 Å². The zero-order valence-corrected chi connectivity index (χ0v) is 22.7. The number of imide groups is 1. The lowest BCUT2D eigenvalue weighted by molar-refractivity contribution is 0.0459. The van der Waals surface area contributed by atoms with Gasteiger partial charge in [0.15, 0.2) is 0 Å². The monoisotopic (exact) mass is 489 g/mol. The lowest BCUT2D eigenvalue weighted by atomic mass is 9.50. The topological polar surface area (TPSA) is 37.4 Å². The van der Waals surface area contributed by atoms with Crippen molar-refractivity contribution in [3.05, 3.63) is 70.3 Å². The molecule has 0 radical (unpaired) electrons. The Hall–Kier alpha value is -2.07. The predicted octanol–water partition coefficient (Wildman–Crippen LogP) is 7.24. The molecule has 0 N–H and O–H groups in total. The van der Waals surface area contributed by atoms with E-state index in [4.69, 9.17) is 0 Å². The van der Waals surface area contributed by atoms with Gasteiger partial charge in [0.2, 0.25) is 0 Å². The molecule has 1 fully saturated rings. The molecular formula is C31H39NO2S. The molecule has 1 heterocycles. The van der Waals surface area contributed by atoms with Gasteiger partial charge >= 0.3 is 0 Å². The highest BCUT2D eigenvalue weighted by Crippen LogP contribution is 2.60. The number of benzene rings is 2. The number of fused-ring (bicyclic) bond motifs is 4. The van der Waals surface area contributed by atoms with Crippen LogP contribution in [0.15, 0.2) is 42.5 Å². The average Bonchev–Trinajstić information content (AvgIpc) is 3.07. The molecule has 0 spiro atoms. The minimum Gasteiger partial charge on any atom is -0.274 e. The molecule has 186 valence electrons. The smallest absolute Gasteiger partial charge is 0.261 e. The molecular weight excluding hydrogens is 450 g/mol. The van der Waals surface area contributed by atoms with Gasteiger partial charge in [-0.15, -0.1) is 0 Å². The summed E-state index contributed by atoms with van der Waals surface area (Å²) in [5, 5.41) is 0.562. The Balaban J connectivity index is 1.31. The number of carbonyl (C=O) groups is 2. The first-order chi connectivity index (χ1) is 16.6. The number of amides is 2. The Morgan fingerprint density at radius 1 is 1.00 bits per heavy atom. The predicted molar refractivity (Wildman–Crippen MR) is 145 cm³/mol. The summed E-state index contributed by atoms with van der Waals surface area (Å²) >= 11 is 2.08. The zero-order valence-electron chi connectivity index (χ0n) is 21.9. The summed E-state index contributed by atoms with van der Waals surface area (Å²) in [6.45, 7) is 12.6. The molecule has 35 heavy (non-hydrogen) atoms. The van der Waals surface area contributed by atoms with E-state index in [9.17, 15) is 9.59 Å². The number of aryl methyl sites for hydroxylation is 1. The maximum Gasteiger partial charge on any atom is 0.261 e. The Bertz CT molecular complexity index is 1120. The fourth-order valence-corrected chi connectivity index (χ4v) is 8.72. The van der Waals surface area contributed by atoms with Crippen LogP contribution < -0.4 is 0 Å². The molecule has 0 saturated heterocycles. The third kappa shape index (κ3) is 4.06. The minimum absolute atomic E-state index is 0.135. The van der Waals surface area contributed by atoms with Gasteiger partial charge in [0.1, 0.15) is 0 Å². The maximum atomic E-state index is 12.7. The summed E-state index contributed by atoms with van der Waals surface area (Å²) in [4.78, 5) is 26.9. The van der Waals surface area contributed by atoms with Crippen molar-refractivity contribution in [1.29, 1.82) is 0 Å².